The summed E-state index contributed by atoms with van der Waals surface area (Å²) in [5.74, 6) is -4.28. The first-order valence-electron chi connectivity index (χ1n) is 14.0. The Kier molecular flexibility index (Phi) is 6.13. The van der Waals surface area contributed by atoms with Crippen LogP contribution >= 0.6 is 0 Å². The molecule has 0 aliphatic heterocycles. The largest absolute Gasteiger partial charge is 0.507 e. The number of phenols is 1. The van der Waals surface area contributed by atoms with Crippen molar-refractivity contribution in [2.24, 2.45) is 28.6 Å². The minimum absolute atomic E-state index is 0.0706. The van der Waals surface area contributed by atoms with E-state index >= 15 is 0 Å². The van der Waals surface area contributed by atoms with E-state index < -0.39 is 51.4 Å². The number of allylic oxidation sites excluding steroid dienone is 1. The number of Topliss-reactive ketones (excluding diaryl/α,β-unsaturated/α-hetero) is 3. The van der Waals surface area contributed by atoms with E-state index in [4.69, 9.17) is 0 Å². The van der Waals surface area contributed by atoms with Gasteiger partial charge >= 0.3 is 0 Å². The molecule has 0 saturated heterocycles. The van der Waals surface area contributed by atoms with Crippen molar-refractivity contribution in [2.75, 3.05) is 0 Å². The van der Waals surface area contributed by atoms with Gasteiger partial charge < -0.3 is 15.3 Å². The normalized spacial score (nSPS) is 33.6. The number of carbonyl (C=O) groups excluding carboxylic acids is 3. The lowest BCUT2D eigenvalue weighted by molar-refractivity contribution is -0.194. The molecule has 0 aromatic heterocycles. The summed E-state index contributed by atoms with van der Waals surface area (Å²) in [5, 5.41) is 35.8. The predicted octanol–water partition coefficient (Wildman–Crippen LogP) is 6.17. The molecule has 3 N–H and O–H groups in total. The second-order valence-corrected chi connectivity index (χ2v) is 12.7. The van der Waals surface area contributed by atoms with Gasteiger partial charge in [-0.3, -0.25) is 14.4 Å². The van der Waals surface area contributed by atoms with Gasteiger partial charge in [0, 0.05) is 22.0 Å². The van der Waals surface area contributed by atoms with Crippen LogP contribution in [0, 0.1) is 28.6 Å². The van der Waals surface area contributed by atoms with E-state index in [0.717, 1.165) is 5.56 Å². The molecule has 1 fully saturated rings. The third-order valence-electron chi connectivity index (χ3n) is 10.9. The van der Waals surface area contributed by atoms with Crippen molar-refractivity contribution in [1.82, 2.24) is 0 Å². The van der Waals surface area contributed by atoms with Gasteiger partial charge in [-0.25, -0.2) is 0 Å². The van der Waals surface area contributed by atoms with Gasteiger partial charge in [0.15, 0.2) is 11.4 Å². The summed E-state index contributed by atoms with van der Waals surface area (Å²) < 4.78 is 0. The smallest absolute Gasteiger partial charge is 0.206 e. The SMILES string of the molecule is CC(=O)C1=C(C)[C@@H](C(C)C)[C@]2(C)[C@@H](C)[C@@]3(C)C(=C(O)c4c(ccc(-c5ccccc5)c4O)[C@@H]3C)C(=O)[C@]2(O)C1=O. The van der Waals surface area contributed by atoms with Gasteiger partial charge in [0.05, 0.1) is 11.1 Å². The van der Waals surface area contributed by atoms with E-state index in [1.54, 1.807) is 13.8 Å². The summed E-state index contributed by atoms with van der Waals surface area (Å²) in [4.78, 5) is 41.5. The van der Waals surface area contributed by atoms with Crippen LogP contribution in [0.2, 0.25) is 0 Å². The highest BCUT2D eigenvalue weighted by Crippen LogP contribution is 2.70. The van der Waals surface area contributed by atoms with Crippen molar-refractivity contribution >= 4 is 23.1 Å². The Morgan fingerprint density at radius 3 is 2.10 bits per heavy atom. The highest BCUT2D eigenvalue weighted by atomic mass is 16.3. The zero-order chi connectivity index (χ0) is 29.7. The molecule has 1 saturated carbocycles. The van der Waals surface area contributed by atoms with Gasteiger partial charge in [-0.1, -0.05) is 89.6 Å². The molecule has 0 spiro atoms. The monoisotopic (exact) mass is 542 g/mol. The lowest BCUT2D eigenvalue weighted by Crippen LogP contribution is -2.74. The number of fused-ring (bicyclic) bond motifs is 3. The third-order valence-corrected chi connectivity index (χ3v) is 10.9. The Morgan fingerprint density at radius 1 is 0.950 bits per heavy atom. The fraction of sp³-hybridized carbons (Fsp3) is 0.441. The van der Waals surface area contributed by atoms with Crippen molar-refractivity contribution in [3.8, 4) is 16.9 Å². The van der Waals surface area contributed by atoms with E-state index in [2.05, 4.69) is 0 Å². The van der Waals surface area contributed by atoms with Gasteiger partial charge in [0.25, 0.3) is 0 Å². The van der Waals surface area contributed by atoms with Crippen LogP contribution in [0.5, 0.6) is 5.75 Å². The van der Waals surface area contributed by atoms with E-state index in [0.29, 0.717) is 16.7 Å². The fourth-order valence-corrected chi connectivity index (χ4v) is 8.73. The molecule has 5 rings (SSSR count). The molecule has 0 radical (unpaired) electrons. The molecule has 40 heavy (non-hydrogen) atoms. The van der Waals surface area contributed by atoms with E-state index in [1.165, 1.54) is 6.92 Å². The molecule has 6 atom stereocenters. The van der Waals surface area contributed by atoms with Crippen molar-refractivity contribution in [1.29, 1.82) is 0 Å². The van der Waals surface area contributed by atoms with Gasteiger partial charge in [-0.2, -0.15) is 0 Å². The van der Waals surface area contributed by atoms with Crippen molar-refractivity contribution in [3.63, 3.8) is 0 Å². The molecule has 0 bridgehead atoms. The molecule has 0 heterocycles. The molecule has 3 aliphatic rings. The van der Waals surface area contributed by atoms with Crippen LogP contribution in [0.15, 0.2) is 59.2 Å². The molecule has 0 amide bonds. The maximum atomic E-state index is 14.7. The fourth-order valence-electron chi connectivity index (χ4n) is 8.73. The second kappa shape index (κ2) is 8.74. The summed E-state index contributed by atoms with van der Waals surface area (Å²) >= 11 is 0. The standard InChI is InChI=1S/C34H38O6/c1-16(2)26-17(3)24(19(5)35)30(38)34(40)31(39)27-29(37)25-22(18(4)32(27,7)20(6)33(26,34)8)14-15-23(28(25)36)21-12-10-9-11-13-21/h9-16,18,20,26,36-37,40H,1-8H3/t18-,20-,26+,32-,33-,34+/m0/s1. The summed E-state index contributed by atoms with van der Waals surface area (Å²) in [6.45, 7) is 14.6. The minimum Gasteiger partial charge on any atom is -0.507 e. The molecule has 210 valence electrons. The number of ketones is 3. The van der Waals surface area contributed by atoms with Crippen LogP contribution in [0.1, 0.15) is 72.4 Å². The molecule has 6 nitrogen and oxygen atoms in total. The van der Waals surface area contributed by atoms with Crippen LogP contribution < -0.4 is 0 Å². The summed E-state index contributed by atoms with van der Waals surface area (Å²) in [7, 11) is 0. The number of carbonyl (C=O) groups is 3. The highest BCUT2D eigenvalue weighted by Gasteiger charge is 2.75. The summed E-state index contributed by atoms with van der Waals surface area (Å²) in [5.41, 5.74) is -2.38. The minimum atomic E-state index is -2.56. The average Bonchev–Trinajstić information content (AvgIpc) is 2.89. The maximum Gasteiger partial charge on any atom is 0.206 e. The Bertz CT molecular complexity index is 1550. The van der Waals surface area contributed by atoms with Crippen molar-refractivity contribution in [3.05, 3.63) is 70.3 Å². The molecule has 2 aromatic carbocycles. The van der Waals surface area contributed by atoms with Crippen LogP contribution in [-0.2, 0) is 14.4 Å². The number of aromatic hydroxyl groups is 1. The zero-order valence-corrected chi connectivity index (χ0v) is 24.4. The van der Waals surface area contributed by atoms with Crippen LogP contribution in [0.3, 0.4) is 0 Å². The molecule has 6 heteroatoms. The maximum absolute atomic E-state index is 14.7. The van der Waals surface area contributed by atoms with Gasteiger partial charge in [0.2, 0.25) is 11.6 Å². The number of rotatable bonds is 3. The first kappa shape index (κ1) is 28.0. The first-order valence-corrected chi connectivity index (χ1v) is 14.0. The number of hydrogen-bond donors (Lipinski definition) is 3. The Labute approximate surface area is 235 Å². The topological polar surface area (TPSA) is 112 Å². The Morgan fingerprint density at radius 2 is 1.55 bits per heavy atom. The van der Waals surface area contributed by atoms with Crippen LogP contribution in [0.4, 0.5) is 0 Å². The van der Waals surface area contributed by atoms with Gasteiger partial charge in [-0.05, 0) is 48.6 Å². The number of aliphatic hydroxyl groups is 2. The third kappa shape index (κ3) is 3.06. The highest BCUT2D eigenvalue weighted by molar-refractivity contribution is 6.33. The predicted molar refractivity (Wildman–Crippen MR) is 154 cm³/mol. The van der Waals surface area contributed by atoms with E-state index in [-0.39, 0.29) is 34.3 Å². The van der Waals surface area contributed by atoms with Crippen LogP contribution in [0.25, 0.3) is 16.9 Å². The van der Waals surface area contributed by atoms with Crippen molar-refractivity contribution < 1.29 is 29.7 Å². The molecule has 2 aromatic rings. The molecule has 3 aliphatic carbocycles. The van der Waals surface area contributed by atoms with E-state index in [9.17, 15) is 29.7 Å². The first-order chi connectivity index (χ1) is 18.6. The van der Waals surface area contributed by atoms with E-state index in [1.807, 2.05) is 77.1 Å². The molecule has 0 unspecified atom stereocenters. The number of phenolic OH excluding ortho intramolecular Hbond substituents is 1. The number of aliphatic hydroxyl groups excluding tert-OH is 1. The van der Waals surface area contributed by atoms with Gasteiger partial charge in [-0.15, -0.1) is 0 Å². The number of benzene rings is 2. The zero-order valence-electron chi connectivity index (χ0n) is 24.4. The Balaban J connectivity index is 1.86. The molecular formula is C34H38O6. The van der Waals surface area contributed by atoms with Gasteiger partial charge in [0.1, 0.15) is 11.5 Å². The summed E-state index contributed by atoms with van der Waals surface area (Å²) in [6.07, 6.45) is 0. The average molecular weight is 543 g/mol. The lowest BCUT2D eigenvalue weighted by Gasteiger charge is -2.65. The number of hydrogen-bond acceptors (Lipinski definition) is 6. The lowest BCUT2D eigenvalue weighted by atomic mass is 9.37. The van der Waals surface area contributed by atoms with Crippen molar-refractivity contribution in [2.45, 2.75) is 66.9 Å². The Hall–Kier alpha value is -3.51. The second-order valence-electron chi connectivity index (χ2n) is 12.7. The quantitative estimate of drug-likeness (QED) is 0.316. The molecular weight excluding hydrogens is 504 g/mol. The summed E-state index contributed by atoms with van der Waals surface area (Å²) in [6, 6.07) is 12.9. The van der Waals surface area contributed by atoms with Crippen LogP contribution in [-0.4, -0.2) is 38.3 Å².